The first-order valence-corrected chi connectivity index (χ1v) is 8.86. The fourth-order valence-corrected chi connectivity index (χ4v) is 3.68. The number of rotatable bonds is 5. The summed E-state index contributed by atoms with van der Waals surface area (Å²) in [6.45, 7) is 3.37. The number of fused-ring (bicyclic) bond motifs is 1. The van der Waals surface area contributed by atoms with Crippen molar-refractivity contribution in [2.45, 2.75) is 32.2 Å². The molecular formula is C19H21N3O4. The first-order valence-electron chi connectivity index (χ1n) is 8.86. The molecule has 1 saturated heterocycles. The molecule has 4 rings (SSSR count). The van der Waals surface area contributed by atoms with Crippen LogP contribution in [0.25, 0.3) is 17.0 Å². The number of carbonyl (C=O) groups is 1. The second-order valence-corrected chi connectivity index (χ2v) is 7.34. The molecule has 1 N–H and O–H groups in total. The number of amides is 1. The van der Waals surface area contributed by atoms with Crippen LogP contribution in [0.2, 0.25) is 0 Å². The molecule has 1 aliphatic heterocycles. The molecule has 0 spiro atoms. The number of benzene rings is 1. The van der Waals surface area contributed by atoms with Gasteiger partial charge in [-0.15, -0.1) is 0 Å². The zero-order valence-electron chi connectivity index (χ0n) is 14.6. The molecule has 2 aromatic rings. The SMILES string of the molecule is C/C(=C\c1cc2cccc(C3CN(C(=O)O)C3)c2n1CC1CC1)[N+](=O)[O-]. The van der Waals surface area contributed by atoms with Crippen molar-refractivity contribution in [3.63, 3.8) is 0 Å². The number of aromatic nitrogens is 1. The zero-order chi connectivity index (χ0) is 18.4. The van der Waals surface area contributed by atoms with E-state index >= 15 is 0 Å². The number of allylic oxidation sites excluding steroid dienone is 1. The summed E-state index contributed by atoms with van der Waals surface area (Å²) in [6.07, 6.45) is 3.13. The highest BCUT2D eigenvalue weighted by molar-refractivity contribution is 5.87. The van der Waals surface area contributed by atoms with Gasteiger partial charge in [-0.3, -0.25) is 10.1 Å². The van der Waals surface area contributed by atoms with E-state index in [-0.39, 0.29) is 16.5 Å². The van der Waals surface area contributed by atoms with Gasteiger partial charge in [-0.2, -0.15) is 0 Å². The topological polar surface area (TPSA) is 88.6 Å². The van der Waals surface area contributed by atoms with Crippen LogP contribution in [0.15, 0.2) is 30.0 Å². The Bertz CT molecular complexity index is 920. The van der Waals surface area contributed by atoms with E-state index in [0.29, 0.717) is 19.0 Å². The summed E-state index contributed by atoms with van der Waals surface area (Å²) in [5.41, 5.74) is 3.20. The van der Waals surface area contributed by atoms with Gasteiger partial charge in [-0.1, -0.05) is 18.2 Å². The lowest BCUT2D eigenvalue weighted by Gasteiger charge is -2.37. The highest BCUT2D eigenvalue weighted by atomic mass is 16.6. The summed E-state index contributed by atoms with van der Waals surface area (Å²) in [7, 11) is 0. The lowest BCUT2D eigenvalue weighted by Crippen LogP contribution is -2.47. The Morgan fingerprint density at radius 3 is 2.73 bits per heavy atom. The van der Waals surface area contributed by atoms with Gasteiger partial charge < -0.3 is 14.6 Å². The molecule has 2 aliphatic rings. The number of nitro groups is 1. The minimum absolute atomic E-state index is 0.118. The standard InChI is InChI=1S/C19H21N3O4/c1-12(22(25)26)7-16-8-14-3-2-4-17(15-10-20(11-15)19(23)24)18(14)21(16)9-13-5-6-13/h2-4,7-8,13,15H,5-6,9-11H2,1H3,(H,23,24)/b12-7+. The van der Waals surface area contributed by atoms with E-state index in [1.165, 1.54) is 24.7 Å². The van der Waals surface area contributed by atoms with E-state index in [4.69, 9.17) is 5.11 Å². The van der Waals surface area contributed by atoms with Crippen LogP contribution in [-0.4, -0.2) is 38.7 Å². The maximum atomic E-state index is 11.1. The molecule has 0 bridgehead atoms. The van der Waals surface area contributed by atoms with Crippen LogP contribution in [0.1, 0.15) is 36.9 Å². The summed E-state index contributed by atoms with van der Waals surface area (Å²) in [5, 5.41) is 21.2. The summed E-state index contributed by atoms with van der Waals surface area (Å²) < 4.78 is 2.19. The van der Waals surface area contributed by atoms with Crippen molar-refractivity contribution in [3.8, 4) is 0 Å². The largest absolute Gasteiger partial charge is 0.465 e. The fraction of sp³-hybridized carbons (Fsp3) is 0.421. The minimum Gasteiger partial charge on any atom is -0.465 e. The summed E-state index contributed by atoms with van der Waals surface area (Å²) in [4.78, 5) is 23.2. The molecule has 1 saturated carbocycles. The number of likely N-dealkylation sites (tertiary alicyclic amines) is 1. The quantitative estimate of drug-likeness (QED) is 0.653. The summed E-state index contributed by atoms with van der Waals surface area (Å²) >= 11 is 0. The van der Waals surface area contributed by atoms with Gasteiger partial charge in [0.05, 0.1) is 10.4 Å². The summed E-state index contributed by atoms with van der Waals surface area (Å²) in [5.74, 6) is 0.801. The van der Waals surface area contributed by atoms with Crippen LogP contribution in [0.4, 0.5) is 4.79 Å². The Morgan fingerprint density at radius 1 is 1.38 bits per heavy atom. The van der Waals surface area contributed by atoms with E-state index < -0.39 is 6.09 Å². The first kappa shape index (κ1) is 16.6. The second kappa shape index (κ2) is 6.16. The van der Waals surface area contributed by atoms with Crippen LogP contribution in [0.5, 0.6) is 0 Å². The van der Waals surface area contributed by atoms with Gasteiger partial charge >= 0.3 is 6.09 Å². The predicted octanol–water partition coefficient (Wildman–Crippen LogP) is 3.77. The van der Waals surface area contributed by atoms with Crippen LogP contribution in [0.3, 0.4) is 0 Å². The highest BCUT2D eigenvalue weighted by Gasteiger charge is 2.34. The third-order valence-corrected chi connectivity index (χ3v) is 5.36. The minimum atomic E-state index is -0.882. The van der Waals surface area contributed by atoms with Crippen molar-refractivity contribution < 1.29 is 14.8 Å². The van der Waals surface area contributed by atoms with E-state index in [1.54, 1.807) is 6.08 Å². The number of hydrogen-bond acceptors (Lipinski definition) is 3. The lowest BCUT2D eigenvalue weighted by atomic mass is 9.90. The lowest BCUT2D eigenvalue weighted by molar-refractivity contribution is -0.422. The number of para-hydroxylation sites is 1. The first-order chi connectivity index (χ1) is 12.4. The van der Waals surface area contributed by atoms with E-state index in [9.17, 15) is 14.9 Å². The van der Waals surface area contributed by atoms with Crippen LogP contribution in [0, 0.1) is 16.0 Å². The van der Waals surface area contributed by atoms with Gasteiger partial charge in [0.2, 0.25) is 5.70 Å². The second-order valence-electron chi connectivity index (χ2n) is 7.34. The zero-order valence-corrected chi connectivity index (χ0v) is 14.6. The van der Waals surface area contributed by atoms with Crippen LogP contribution >= 0.6 is 0 Å². The molecule has 7 nitrogen and oxygen atoms in total. The van der Waals surface area contributed by atoms with Crippen molar-refractivity contribution in [2.24, 2.45) is 5.92 Å². The van der Waals surface area contributed by atoms with Crippen molar-refractivity contribution in [2.75, 3.05) is 13.1 Å². The van der Waals surface area contributed by atoms with Crippen molar-refractivity contribution in [3.05, 3.63) is 51.3 Å². The average molecular weight is 355 g/mol. The monoisotopic (exact) mass is 355 g/mol. The average Bonchev–Trinajstić information content (AvgIpc) is 3.28. The molecule has 0 radical (unpaired) electrons. The van der Waals surface area contributed by atoms with Gasteiger partial charge in [0.15, 0.2) is 0 Å². The molecule has 7 heteroatoms. The van der Waals surface area contributed by atoms with Gasteiger partial charge in [-0.25, -0.2) is 4.79 Å². The number of hydrogen-bond donors (Lipinski definition) is 1. The Kier molecular flexibility index (Phi) is 3.94. The molecule has 2 fully saturated rings. The molecule has 136 valence electrons. The molecule has 2 heterocycles. The van der Waals surface area contributed by atoms with E-state index in [2.05, 4.69) is 10.6 Å². The Morgan fingerprint density at radius 2 is 2.12 bits per heavy atom. The molecule has 0 unspecified atom stereocenters. The number of carboxylic acid groups (broad SMARTS) is 1. The summed E-state index contributed by atoms with van der Waals surface area (Å²) in [6, 6.07) is 8.07. The Hall–Kier alpha value is -2.83. The van der Waals surface area contributed by atoms with Crippen molar-refractivity contribution >= 4 is 23.1 Å². The number of nitrogens with zero attached hydrogens (tertiary/aromatic N) is 3. The smallest absolute Gasteiger partial charge is 0.407 e. The Balaban J connectivity index is 1.79. The predicted molar refractivity (Wildman–Crippen MR) is 97.6 cm³/mol. The molecule has 1 aromatic carbocycles. The van der Waals surface area contributed by atoms with Gasteiger partial charge in [0.25, 0.3) is 0 Å². The van der Waals surface area contributed by atoms with E-state index in [0.717, 1.165) is 28.7 Å². The maximum absolute atomic E-state index is 11.1. The molecule has 0 atom stereocenters. The fourth-order valence-electron chi connectivity index (χ4n) is 3.68. The van der Waals surface area contributed by atoms with Gasteiger partial charge in [-0.05, 0) is 30.4 Å². The third kappa shape index (κ3) is 2.94. The van der Waals surface area contributed by atoms with E-state index in [1.807, 2.05) is 18.2 Å². The maximum Gasteiger partial charge on any atom is 0.407 e. The third-order valence-electron chi connectivity index (χ3n) is 5.36. The normalized spacial score (nSPS) is 18.2. The van der Waals surface area contributed by atoms with Crippen molar-refractivity contribution in [1.82, 2.24) is 9.47 Å². The highest BCUT2D eigenvalue weighted by Crippen LogP contribution is 2.38. The molecule has 1 aromatic heterocycles. The molecule has 26 heavy (non-hydrogen) atoms. The molecule has 1 aliphatic carbocycles. The van der Waals surface area contributed by atoms with Crippen molar-refractivity contribution in [1.29, 1.82) is 0 Å². The van der Waals surface area contributed by atoms with Crippen LogP contribution in [-0.2, 0) is 6.54 Å². The van der Waals surface area contributed by atoms with Crippen LogP contribution < -0.4 is 0 Å². The van der Waals surface area contributed by atoms with Gasteiger partial charge in [0, 0.05) is 49.6 Å². The molecular weight excluding hydrogens is 334 g/mol. The Labute approximate surface area is 150 Å². The van der Waals surface area contributed by atoms with Gasteiger partial charge in [0.1, 0.15) is 0 Å². The molecule has 1 amide bonds.